The Labute approximate surface area is 115 Å². The highest BCUT2D eigenvalue weighted by molar-refractivity contribution is 7.91. The molecule has 1 aromatic heterocycles. The molecule has 110 valence electrons. The Kier molecular flexibility index (Phi) is 4.19. The third-order valence-electron chi connectivity index (χ3n) is 3.15. The SMILES string of the molecule is NNc1nccc(C(=O)NCC2CCS(=O)(=O)C2)c1F. The van der Waals surface area contributed by atoms with Crippen LogP contribution in [-0.2, 0) is 9.84 Å². The van der Waals surface area contributed by atoms with E-state index in [0.717, 1.165) is 0 Å². The fourth-order valence-electron chi connectivity index (χ4n) is 2.08. The summed E-state index contributed by atoms with van der Waals surface area (Å²) in [5.41, 5.74) is 1.87. The fraction of sp³-hybridized carbons (Fsp3) is 0.455. The van der Waals surface area contributed by atoms with Crippen molar-refractivity contribution in [3.63, 3.8) is 0 Å². The van der Waals surface area contributed by atoms with Gasteiger partial charge < -0.3 is 10.7 Å². The zero-order valence-electron chi connectivity index (χ0n) is 10.6. The number of aromatic nitrogens is 1. The second-order valence-corrected chi connectivity index (χ2v) is 6.87. The number of carbonyl (C=O) groups excluding carboxylic acids is 1. The molecule has 1 aromatic rings. The third kappa shape index (κ3) is 3.23. The first-order valence-electron chi connectivity index (χ1n) is 6.02. The predicted molar refractivity (Wildman–Crippen MR) is 71.1 cm³/mol. The van der Waals surface area contributed by atoms with Crippen molar-refractivity contribution < 1.29 is 17.6 Å². The summed E-state index contributed by atoms with van der Waals surface area (Å²) in [6.07, 6.45) is 1.77. The van der Waals surface area contributed by atoms with Crippen molar-refractivity contribution in [2.45, 2.75) is 6.42 Å². The number of hydrazine groups is 1. The lowest BCUT2D eigenvalue weighted by molar-refractivity contribution is 0.0944. The van der Waals surface area contributed by atoms with Crippen molar-refractivity contribution in [3.05, 3.63) is 23.6 Å². The first kappa shape index (κ1) is 14.7. The predicted octanol–water partition coefficient (Wildman–Crippen LogP) is -0.329. The summed E-state index contributed by atoms with van der Waals surface area (Å²) in [7, 11) is -2.99. The van der Waals surface area contributed by atoms with E-state index in [4.69, 9.17) is 5.84 Å². The molecule has 9 heteroatoms. The van der Waals surface area contributed by atoms with Crippen LogP contribution in [0, 0.1) is 11.7 Å². The van der Waals surface area contributed by atoms with Gasteiger partial charge >= 0.3 is 0 Å². The van der Waals surface area contributed by atoms with E-state index in [9.17, 15) is 17.6 Å². The summed E-state index contributed by atoms with van der Waals surface area (Å²) in [4.78, 5) is 15.5. The van der Waals surface area contributed by atoms with Crippen molar-refractivity contribution in [1.29, 1.82) is 0 Å². The summed E-state index contributed by atoms with van der Waals surface area (Å²) < 4.78 is 36.4. The maximum absolute atomic E-state index is 13.8. The van der Waals surface area contributed by atoms with Gasteiger partial charge in [0.15, 0.2) is 21.5 Å². The molecule has 0 saturated carbocycles. The molecule has 7 nitrogen and oxygen atoms in total. The number of nitrogens with zero attached hydrogens (tertiary/aromatic N) is 1. The van der Waals surface area contributed by atoms with E-state index in [0.29, 0.717) is 6.42 Å². The lowest BCUT2D eigenvalue weighted by Crippen LogP contribution is -2.30. The van der Waals surface area contributed by atoms with E-state index in [-0.39, 0.29) is 35.3 Å². The lowest BCUT2D eigenvalue weighted by Gasteiger charge is -2.11. The minimum atomic E-state index is -2.99. The summed E-state index contributed by atoms with van der Waals surface area (Å²) >= 11 is 0. The Morgan fingerprint density at radius 3 is 2.90 bits per heavy atom. The minimum Gasteiger partial charge on any atom is -0.352 e. The van der Waals surface area contributed by atoms with Gasteiger partial charge in [-0.1, -0.05) is 0 Å². The van der Waals surface area contributed by atoms with Crippen LogP contribution in [0.15, 0.2) is 12.3 Å². The van der Waals surface area contributed by atoms with E-state index in [2.05, 4.69) is 15.7 Å². The quantitative estimate of drug-likeness (QED) is 0.518. The molecule has 20 heavy (non-hydrogen) atoms. The first-order chi connectivity index (χ1) is 9.43. The number of nitrogen functional groups attached to an aromatic ring is 1. The number of pyridine rings is 1. The van der Waals surface area contributed by atoms with Gasteiger partial charge in [-0.05, 0) is 18.4 Å². The summed E-state index contributed by atoms with van der Waals surface area (Å²) in [6, 6.07) is 1.23. The number of nitrogens with one attached hydrogen (secondary N) is 2. The van der Waals surface area contributed by atoms with Gasteiger partial charge in [0.2, 0.25) is 0 Å². The standard InChI is InChI=1S/C11H15FN4O3S/c12-9-8(1-3-14-10(9)16-13)11(17)15-5-7-2-4-20(18,19)6-7/h1,3,7H,2,4-6,13H2,(H,14,16)(H,15,17). The van der Waals surface area contributed by atoms with Gasteiger partial charge in [0.05, 0.1) is 17.1 Å². The second-order valence-electron chi connectivity index (χ2n) is 4.64. The van der Waals surface area contributed by atoms with Gasteiger partial charge in [-0.2, -0.15) is 0 Å². The number of anilines is 1. The van der Waals surface area contributed by atoms with Crippen molar-refractivity contribution in [2.24, 2.45) is 11.8 Å². The Morgan fingerprint density at radius 2 is 2.30 bits per heavy atom. The zero-order chi connectivity index (χ0) is 14.8. The van der Waals surface area contributed by atoms with Crippen molar-refractivity contribution in [1.82, 2.24) is 10.3 Å². The van der Waals surface area contributed by atoms with Crippen LogP contribution in [0.2, 0.25) is 0 Å². The van der Waals surface area contributed by atoms with E-state index in [1.165, 1.54) is 12.3 Å². The molecule has 4 N–H and O–H groups in total. The topological polar surface area (TPSA) is 114 Å². The van der Waals surface area contributed by atoms with E-state index >= 15 is 0 Å². The smallest absolute Gasteiger partial charge is 0.254 e. The maximum Gasteiger partial charge on any atom is 0.254 e. The molecule has 1 amide bonds. The number of halogens is 1. The van der Waals surface area contributed by atoms with Crippen LogP contribution in [0.4, 0.5) is 10.2 Å². The number of nitrogens with two attached hydrogens (primary N) is 1. The largest absolute Gasteiger partial charge is 0.352 e. The van der Waals surface area contributed by atoms with E-state index < -0.39 is 21.6 Å². The number of carbonyl (C=O) groups is 1. The van der Waals surface area contributed by atoms with E-state index in [1.54, 1.807) is 0 Å². The minimum absolute atomic E-state index is 0.0573. The Balaban J connectivity index is 1.99. The molecule has 0 bridgehead atoms. The Hall–Kier alpha value is -1.74. The Morgan fingerprint density at radius 1 is 1.55 bits per heavy atom. The van der Waals surface area contributed by atoms with Crippen LogP contribution < -0.4 is 16.6 Å². The van der Waals surface area contributed by atoms with Crippen LogP contribution in [0.5, 0.6) is 0 Å². The average Bonchev–Trinajstić information content (AvgIpc) is 2.76. The molecule has 1 fully saturated rings. The Bertz CT molecular complexity index is 620. The summed E-state index contributed by atoms with van der Waals surface area (Å²) in [6.45, 7) is 0.200. The molecular formula is C11H15FN4O3S. The highest BCUT2D eigenvalue weighted by Crippen LogP contribution is 2.18. The first-order valence-corrected chi connectivity index (χ1v) is 7.85. The van der Waals surface area contributed by atoms with Crippen LogP contribution in [0.25, 0.3) is 0 Å². The number of rotatable bonds is 4. The zero-order valence-corrected chi connectivity index (χ0v) is 11.4. The molecule has 1 aliphatic heterocycles. The van der Waals surface area contributed by atoms with Crippen molar-refractivity contribution in [2.75, 3.05) is 23.5 Å². The molecule has 1 atom stereocenters. The average molecular weight is 302 g/mol. The highest BCUT2D eigenvalue weighted by Gasteiger charge is 2.28. The number of sulfone groups is 1. The summed E-state index contributed by atoms with van der Waals surface area (Å²) in [5.74, 6) is 3.46. The third-order valence-corrected chi connectivity index (χ3v) is 4.99. The van der Waals surface area contributed by atoms with Crippen LogP contribution in [0.3, 0.4) is 0 Å². The van der Waals surface area contributed by atoms with Crippen molar-refractivity contribution >= 4 is 21.6 Å². The molecular weight excluding hydrogens is 287 g/mol. The van der Waals surface area contributed by atoms with Gasteiger partial charge in [0.1, 0.15) is 0 Å². The number of hydrogen-bond donors (Lipinski definition) is 3. The molecule has 2 rings (SSSR count). The monoisotopic (exact) mass is 302 g/mol. The molecule has 0 spiro atoms. The van der Waals surface area contributed by atoms with Crippen LogP contribution in [0.1, 0.15) is 16.8 Å². The molecule has 0 aromatic carbocycles. The second kappa shape index (κ2) is 5.71. The molecule has 1 saturated heterocycles. The molecule has 2 heterocycles. The number of hydrogen-bond acceptors (Lipinski definition) is 6. The maximum atomic E-state index is 13.8. The van der Waals surface area contributed by atoms with Crippen molar-refractivity contribution in [3.8, 4) is 0 Å². The highest BCUT2D eigenvalue weighted by atomic mass is 32.2. The lowest BCUT2D eigenvalue weighted by atomic mass is 10.1. The van der Waals surface area contributed by atoms with Gasteiger partial charge in [0.25, 0.3) is 5.91 Å². The van der Waals surface area contributed by atoms with Gasteiger partial charge in [-0.25, -0.2) is 23.6 Å². The van der Waals surface area contributed by atoms with E-state index in [1.807, 2.05) is 0 Å². The molecule has 1 unspecified atom stereocenters. The van der Waals surface area contributed by atoms with Crippen LogP contribution >= 0.6 is 0 Å². The van der Waals surface area contributed by atoms with Gasteiger partial charge in [-0.3, -0.25) is 4.79 Å². The molecule has 0 radical (unpaired) electrons. The fourth-order valence-corrected chi connectivity index (χ4v) is 3.95. The van der Waals surface area contributed by atoms with Gasteiger partial charge in [-0.15, -0.1) is 0 Å². The van der Waals surface area contributed by atoms with Crippen LogP contribution in [-0.4, -0.2) is 37.4 Å². The van der Waals surface area contributed by atoms with Gasteiger partial charge in [0, 0.05) is 12.7 Å². The molecule has 1 aliphatic rings. The summed E-state index contributed by atoms with van der Waals surface area (Å²) in [5, 5.41) is 2.53. The molecule has 0 aliphatic carbocycles. The normalized spacial score (nSPS) is 20.6. The number of amides is 1.